The first-order chi connectivity index (χ1) is 7.88. The van der Waals surface area contributed by atoms with Gasteiger partial charge < -0.3 is 0 Å². The third-order valence-corrected chi connectivity index (χ3v) is 3.57. The summed E-state index contributed by atoms with van der Waals surface area (Å²) in [6.45, 7) is 4.13. The van der Waals surface area contributed by atoms with Crippen LogP contribution < -0.4 is 0 Å². The molecule has 0 saturated carbocycles. The zero-order valence-corrected chi connectivity index (χ0v) is 10.0. The average Bonchev–Trinajstić information content (AvgIpc) is 2.35. The minimum Gasteiger partial charge on any atom is -0.282 e. The Labute approximate surface area is 98.5 Å². The third-order valence-electron chi connectivity index (χ3n) is 3.57. The number of likely N-dealkylation sites (tertiary alicyclic amines) is 2. The molecule has 0 aromatic rings. The maximum atomic E-state index is 11.8. The topological polar surface area (TPSA) is 74.8 Å². The second kappa shape index (κ2) is 3.38. The lowest BCUT2D eigenvalue weighted by atomic mass is 9.69. The highest BCUT2D eigenvalue weighted by molar-refractivity contribution is 6.52. The Morgan fingerprint density at radius 3 is 1.94 bits per heavy atom. The van der Waals surface area contributed by atoms with E-state index < -0.39 is 29.0 Å². The van der Waals surface area contributed by atoms with Gasteiger partial charge in [0.1, 0.15) is 0 Å². The first-order valence-electron chi connectivity index (χ1n) is 5.58. The van der Waals surface area contributed by atoms with Crippen molar-refractivity contribution in [2.45, 2.75) is 20.3 Å². The molecule has 4 amide bonds. The van der Waals surface area contributed by atoms with Crippen LogP contribution in [0.3, 0.4) is 0 Å². The highest BCUT2D eigenvalue weighted by Crippen LogP contribution is 2.44. The molecular formula is C11H14N2O4. The monoisotopic (exact) mass is 238 g/mol. The number of imide groups is 2. The van der Waals surface area contributed by atoms with Crippen molar-refractivity contribution in [2.75, 3.05) is 13.6 Å². The van der Waals surface area contributed by atoms with Crippen LogP contribution in [0.1, 0.15) is 20.3 Å². The van der Waals surface area contributed by atoms with Gasteiger partial charge in [0.2, 0.25) is 0 Å². The summed E-state index contributed by atoms with van der Waals surface area (Å²) in [5.41, 5.74) is -2.00. The molecule has 2 aliphatic heterocycles. The van der Waals surface area contributed by atoms with Gasteiger partial charge >= 0.3 is 0 Å². The minimum absolute atomic E-state index is 0.170. The fraction of sp³-hybridized carbons (Fsp3) is 0.636. The number of β-lactam (4-membered cyclic amide) rings is 4. The Morgan fingerprint density at radius 2 is 1.53 bits per heavy atom. The van der Waals surface area contributed by atoms with Crippen molar-refractivity contribution in [3.63, 3.8) is 0 Å². The lowest BCUT2D eigenvalue weighted by Gasteiger charge is -2.51. The summed E-state index contributed by atoms with van der Waals surface area (Å²) in [4.78, 5) is 48.6. The van der Waals surface area contributed by atoms with Gasteiger partial charge in [-0.15, -0.1) is 0 Å². The zero-order valence-electron chi connectivity index (χ0n) is 10.0. The number of carbonyl (C=O) groups excluding carboxylic acids is 4. The molecule has 6 heteroatoms. The van der Waals surface area contributed by atoms with Gasteiger partial charge in [-0.05, 0) is 5.92 Å². The molecule has 6 nitrogen and oxygen atoms in total. The normalized spacial score (nSPS) is 23.9. The van der Waals surface area contributed by atoms with E-state index in [9.17, 15) is 19.2 Å². The van der Waals surface area contributed by atoms with Crippen LogP contribution >= 0.6 is 0 Å². The standard InChI is InChI=1S/C11H14N2O4/c1-4-6(2)5-13-9(16)11(10(13)17)7(14)12(3)8(11)15/h6H,4-5H2,1-3H3/t6-/m1/s1. The van der Waals surface area contributed by atoms with Crippen LogP contribution in [-0.4, -0.2) is 47.0 Å². The molecule has 1 spiro atoms. The third kappa shape index (κ3) is 1.10. The molecule has 92 valence electrons. The first-order valence-corrected chi connectivity index (χ1v) is 5.58. The number of rotatable bonds is 3. The maximum Gasteiger partial charge on any atom is 0.284 e. The largest absolute Gasteiger partial charge is 0.284 e. The summed E-state index contributed by atoms with van der Waals surface area (Å²) < 4.78 is 0. The molecule has 0 unspecified atom stereocenters. The van der Waals surface area contributed by atoms with Crippen LogP contribution in [0.4, 0.5) is 0 Å². The quantitative estimate of drug-likeness (QED) is 0.485. The molecular weight excluding hydrogens is 224 g/mol. The lowest BCUT2D eigenvalue weighted by Crippen LogP contribution is -2.83. The molecule has 0 aromatic heterocycles. The highest BCUT2D eigenvalue weighted by atomic mass is 16.2. The number of carbonyl (C=O) groups is 4. The van der Waals surface area contributed by atoms with E-state index in [2.05, 4.69) is 0 Å². The van der Waals surface area contributed by atoms with Crippen LogP contribution in [0, 0.1) is 11.3 Å². The van der Waals surface area contributed by atoms with E-state index in [0.717, 1.165) is 16.2 Å². The van der Waals surface area contributed by atoms with Gasteiger partial charge in [0.05, 0.1) is 0 Å². The molecule has 1 atom stereocenters. The summed E-state index contributed by atoms with van der Waals surface area (Å²) >= 11 is 0. The molecule has 0 aromatic carbocycles. The Kier molecular flexibility index (Phi) is 2.34. The van der Waals surface area contributed by atoms with Crippen LogP contribution in [0.25, 0.3) is 0 Å². The second-order valence-electron chi connectivity index (χ2n) is 4.65. The minimum atomic E-state index is -2.00. The Hall–Kier alpha value is -1.72. The van der Waals surface area contributed by atoms with E-state index in [4.69, 9.17) is 0 Å². The Bertz CT molecular complexity index is 409. The predicted octanol–water partition coefficient (Wildman–Crippen LogP) is -0.614. The van der Waals surface area contributed by atoms with E-state index in [1.165, 1.54) is 7.05 Å². The van der Waals surface area contributed by atoms with Gasteiger partial charge in [0.15, 0.2) is 0 Å². The van der Waals surface area contributed by atoms with Gasteiger partial charge in [-0.1, -0.05) is 20.3 Å². The molecule has 0 radical (unpaired) electrons. The number of hydrogen-bond acceptors (Lipinski definition) is 4. The number of nitrogens with zero attached hydrogens (tertiary/aromatic N) is 2. The molecule has 17 heavy (non-hydrogen) atoms. The van der Waals surface area contributed by atoms with Crippen LogP contribution in [-0.2, 0) is 19.2 Å². The summed E-state index contributed by atoms with van der Waals surface area (Å²) in [6.07, 6.45) is 0.825. The highest BCUT2D eigenvalue weighted by Gasteiger charge is 2.79. The average molecular weight is 238 g/mol. The number of hydrogen-bond donors (Lipinski definition) is 0. The molecule has 0 bridgehead atoms. The van der Waals surface area contributed by atoms with E-state index in [1.54, 1.807) is 0 Å². The molecule has 2 aliphatic rings. The van der Waals surface area contributed by atoms with Crippen molar-refractivity contribution >= 4 is 23.6 Å². The van der Waals surface area contributed by atoms with Crippen molar-refractivity contribution in [2.24, 2.45) is 11.3 Å². The van der Waals surface area contributed by atoms with Gasteiger partial charge in [0, 0.05) is 13.6 Å². The van der Waals surface area contributed by atoms with Gasteiger partial charge in [0.25, 0.3) is 29.0 Å². The molecule has 2 heterocycles. The molecule has 0 aliphatic carbocycles. The predicted molar refractivity (Wildman–Crippen MR) is 56.4 cm³/mol. The van der Waals surface area contributed by atoms with Gasteiger partial charge in [-0.3, -0.25) is 29.0 Å². The molecule has 2 saturated heterocycles. The zero-order chi connectivity index (χ0) is 13.0. The van der Waals surface area contributed by atoms with Crippen molar-refractivity contribution in [3.05, 3.63) is 0 Å². The van der Waals surface area contributed by atoms with Gasteiger partial charge in [-0.25, -0.2) is 0 Å². The van der Waals surface area contributed by atoms with Crippen LogP contribution in [0.5, 0.6) is 0 Å². The molecule has 2 rings (SSSR count). The van der Waals surface area contributed by atoms with E-state index in [1.807, 2.05) is 13.8 Å². The van der Waals surface area contributed by atoms with Crippen molar-refractivity contribution in [1.82, 2.24) is 9.80 Å². The van der Waals surface area contributed by atoms with E-state index in [-0.39, 0.29) is 12.5 Å². The summed E-state index contributed by atoms with van der Waals surface area (Å²) in [6, 6.07) is 0. The van der Waals surface area contributed by atoms with Crippen LogP contribution in [0.15, 0.2) is 0 Å². The fourth-order valence-electron chi connectivity index (χ4n) is 2.14. The molecule has 0 N–H and O–H groups in total. The summed E-state index contributed by atoms with van der Waals surface area (Å²) in [5.74, 6) is -2.54. The van der Waals surface area contributed by atoms with Crippen molar-refractivity contribution in [1.29, 1.82) is 0 Å². The maximum absolute atomic E-state index is 11.8. The van der Waals surface area contributed by atoms with Crippen molar-refractivity contribution in [3.8, 4) is 0 Å². The van der Waals surface area contributed by atoms with Crippen LogP contribution in [0.2, 0.25) is 0 Å². The molecule has 2 fully saturated rings. The number of amides is 4. The Morgan fingerprint density at radius 1 is 1.06 bits per heavy atom. The van der Waals surface area contributed by atoms with Crippen molar-refractivity contribution < 1.29 is 19.2 Å². The van der Waals surface area contributed by atoms with E-state index in [0.29, 0.717) is 0 Å². The van der Waals surface area contributed by atoms with Gasteiger partial charge in [-0.2, -0.15) is 0 Å². The second-order valence-corrected chi connectivity index (χ2v) is 4.65. The smallest absolute Gasteiger partial charge is 0.282 e. The summed E-state index contributed by atoms with van der Waals surface area (Å²) in [5, 5.41) is 0. The Balaban J connectivity index is 2.18. The summed E-state index contributed by atoms with van der Waals surface area (Å²) in [7, 11) is 1.27. The lowest BCUT2D eigenvalue weighted by molar-refractivity contribution is -0.198. The fourth-order valence-corrected chi connectivity index (χ4v) is 2.14. The first kappa shape index (κ1) is 11.8. The SMILES string of the molecule is CC[C@@H](C)CN1C(=O)C2(C(=O)N(C)C2=O)C1=O. The van der Waals surface area contributed by atoms with E-state index >= 15 is 0 Å².